The van der Waals surface area contributed by atoms with E-state index >= 15 is 0 Å². The van der Waals surface area contributed by atoms with Crippen LogP contribution >= 0.6 is 11.3 Å². The van der Waals surface area contributed by atoms with E-state index < -0.39 is 0 Å². The number of hydrogen-bond acceptors (Lipinski definition) is 6. The van der Waals surface area contributed by atoms with Gasteiger partial charge >= 0.3 is 0 Å². The third kappa shape index (κ3) is 5.16. The maximum Gasteiger partial charge on any atom is 0.282 e. The molecule has 9 heteroatoms. The lowest BCUT2D eigenvalue weighted by molar-refractivity contribution is -0.105. The van der Waals surface area contributed by atoms with Crippen molar-refractivity contribution in [3.05, 3.63) is 45.9 Å². The van der Waals surface area contributed by atoms with Crippen LogP contribution in [-0.4, -0.2) is 83.2 Å². The molecule has 4 rings (SSSR count). The van der Waals surface area contributed by atoms with Crippen LogP contribution in [0.4, 0.5) is 5.69 Å². The molecule has 0 bridgehead atoms. The number of rotatable bonds is 6. The monoisotopic (exact) mass is 457 g/mol. The van der Waals surface area contributed by atoms with Crippen LogP contribution in [0, 0.1) is 0 Å². The lowest BCUT2D eigenvalue weighted by Gasteiger charge is -2.48. The van der Waals surface area contributed by atoms with Crippen molar-refractivity contribution in [2.75, 3.05) is 44.6 Å². The van der Waals surface area contributed by atoms with Gasteiger partial charge in [0.2, 0.25) is 6.41 Å². The number of benzene rings is 1. The normalized spacial score (nSPS) is 16.6. The van der Waals surface area contributed by atoms with Crippen LogP contribution in [0.25, 0.3) is 0 Å². The van der Waals surface area contributed by atoms with Crippen LogP contribution in [0.5, 0.6) is 0 Å². The second-order valence-corrected chi connectivity index (χ2v) is 8.41. The van der Waals surface area contributed by atoms with Crippen molar-refractivity contribution in [3.8, 4) is 0 Å². The number of amides is 3. The van der Waals surface area contributed by atoms with Crippen LogP contribution in [0.3, 0.4) is 0 Å². The van der Waals surface area contributed by atoms with Gasteiger partial charge in [-0.1, -0.05) is 20.8 Å². The van der Waals surface area contributed by atoms with Crippen LogP contribution in [0.2, 0.25) is 0 Å². The van der Waals surface area contributed by atoms with Gasteiger partial charge in [0.05, 0.1) is 0 Å². The van der Waals surface area contributed by atoms with Gasteiger partial charge < -0.3 is 15.1 Å². The first-order valence-electron chi connectivity index (χ1n) is 11.2. The molecule has 3 amide bonds. The molecule has 1 N–H and O–H groups in total. The van der Waals surface area contributed by atoms with E-state index in [1.807, 2.05) is 42.0 Å². The summed E-state index contributed by atoms with van der Waals surface area (Å²) in [6.45, 7) is 10.4. The number of carbonyl (C=O) groups is 3. The summed E-state index contributed by atoms with van der Waals surface area (Å²) in [5, 5.41) is 5.04. The molecule has 8 nitrogen and oxygen atoms in total. The number of aromatic nitrogens is 1. The molecule has 2 saturated heterocycles. The molecule has 32 heavy (non-hydrogen) atoms. The van der Waals surface area contributed by atoms with Gasteiger partial charge in [-0.2, -0.15) is 0 Å². The van der Waals surface area contributed by atoms with E-state index in [2.05, 4.69) is 15.2 Å². The summed E-state index contributed by atoms with van der Waals surface area (Å²) in [7, 11) is 0. The van der Waals surface area contributed by atoms with Crippen LogP contribution in [-0.2, 0) is 11.2 Å². The summed E-state index contributed by atoms with van der Waals surface area (Å²) in [5.74, 6) is 0.0329. The molecule has 2 fully saturated rings. The van der Waals surface area contributed by atoms with E-state index in [9.17, 15) is 14.4 Å². The molecule has 0 unspecified atom stereocenters. The molecular weight excluding hydrogens is 426 g/mol. The molecule has 0 spiro atoms. The van der Waals surface area contributed by atoms with E-state index in [0.717, 1.165) is 30.8 Å². The number of aryl methyl sites for hydroxylation is 1. The summed E-state index contributed by atoms with van der Waals surface area (Å²) in [6, 6.07) is 5.76. The first-order valence-corrected chi connectivity index (χ1v) is 12.0. The van der Waals surface area contributed by atoms with Gasteiger partial charge in [-0.05, 0) is 30.2 Å². The van der Waals surface area contributed by atoms with Crippen molar-refractivity contribution in [2.45, 2.75) is 33.2 Å². The van der Waals surface area contributed by atoms with Crippen LogP contribution in [0.1, 0.15) is 46.5 Å². The molecule has 2 aromatic rings. The second-order valence-electron chi connectivity index (χ2n) is 7.52. The van der Waals surface area contributed by atoms with Gasteiger partial charge in [-0.3, -0.25) is 19.3 Å². The predicted molar refractivity (Wildman–Crippen MR) is 126 cm³/mol. The van der Waals surface area contributed by atoms with Gasteiger partial charge in [-0.25, -0.2) is 4.98 Å². The van der Waals surface area contributed by atoms with Crippen molar-refractivity contribution in [1.29, 1.82) is 0 Å². The van der Waals surface area contributed by atoms with Gasteiger partial charge in [-0.15, -0.1) is 11.3 Å². The Bertz CT molecular complexity index is 920. The van der Waals surface area contributed by atoms with Crippen LogP contribution < -0.4 is 5.32 Å². The molecule has 0 radical (unpaired) electrons. The van der Waals surface area contributed by atoms with Gasteiger partial charge in [0.25, 0.3) is 11.8 Å². The molecule has 3 heterocycles. The maximum absolute atomic E-state index is 12.8. The number of piperazine rings is 1. The highest BCUT2D eigenvalue weighted by molar-refractivity contribution is 7.11. The summed E-state index contributed by atoms with van der Waals surface area (Å²) < 4.78 is 0. The fourth-order valence-corrected chi connectivity index (χ4v) is 4.61. The highest BCUT2D eigenvalue weighted by Gasteiger charge is 2.37. The Morgan fingerprint density at radius 1 is 1.12 bits per heavy atom. The topological polar surface area (TPSA) is 85.8 Å². The minimum absolute atomic E-state index is 0.00862. The van der Waals surface area contributed by atoms with Crippen LogP contribution in [0.15, 0.2) is 29.8 Å². The zero-order valence-electron chi connectivity index (χ0n) is 18.9. The molecule has 0 aliphatic carbocycles. The lowest BCUT2D eigenvalue weighted by atomic mass is 10.0. The first kappa shape index (κ1) is 23.9. The molecule has 1 aromatic heterocycles. The van der Waals surface area contributed by atoms with E-state index in [-0.39, 0.29) is 11.8 Å². The number of carbonyl (C=O) groups excluding carboxylic acids is 3. The van der Waals surface area contributed by atoms with E-state index in [1.54, 1.807) is 18.3 Å². The average Bonchev–Trinajstić information content (AvgIpc) is 3.35. The van der Waals surface area contributed by atoms with Crippen molar-refractivity contribution in [1.82, 2.24) is 19.7 Å². The molecule has 0 atom stereocenters. The van der Waals surface area contributed by atoms with Crippen molar-refractivity contribution >= 4 is 35.2 Å². The molecule has 2 aliphatic heterocycles. The highest BCUT2D eigenvalue weighted by Crippen LogP contribution is 2.23. The predicted octanol–water partition coefficient (Wildman–Crippen LogP) is 2.58. The Kier molecular flexibility index (Phi) is 8.35. The Labute approximate surface area is 193 Å². The Balaban J connectivity index is 0.00000141. The summed E-state index contributed by atoms with van der Waals surface area (Å²) in [5.41, 5.74) is 2.35. The molecule has 2 aliphatic rings. The van der Waals surface area contributed by atoms with E-state index in [1.165, 1.54) is 11.3 Å². The summed E-state index contributed by atoms with van der Waals surface area (Å²) >= 11 is 1.37. The van der Waals surface area contributed by atoms with E-state index in [4.69, 9.17) is 0 Å². The summed E-state index contributed by atoms with van der Waals surface area (Å²) in [6.07, 6.45) is 3.05. The number of nitrogens with one attached hydrogen (secondary N) is 1. The molecule has 172 valence electrons. The quantitative estimate of drug-likeness (QED) is 0.674. The van der Waals surface area contributed by atoms with Crippen molar-refractivity contribution in [2.24, 2.45) is 0 Å². The zero-order valence-corrected chi connectivity index (χ0v) is 19.7. The Hall–Kier alpha value is -2.78. The summed E-state index contributed by atoms with van der Waals surface area (Å²) in [4.78, 5) is 46.1. The number of thiazole rings is 1. The average molecular weight is 458 g/mol. The van der Waals surface area contributed by atoms with Gasteiger partial charge in [0.15, 0.2) is 5.01 Å². The Morgan fingerprint density at radius 3 is 2.44 bits per heavy atom. The lowest BCUT2D eigenvalue weighted by Crippen LogP contribution is -2.64. The second kappa shape index (κ2) is 11.2. The molecule has 1 aromatic carbocycles. The van der Waals surface area contributed by atoms with Gasteiger partial charge in [0.1, 0.15) is 0 Å². The maximum atomic E-state index is 12.8. The zero-order chi connectivity index (χ0) is 23.1. The third-order valence-electron chi connectivity index (χ3n) is 5.83. The van der Waals surface area contributed by atoms with Crippen molar-refractivity contribution < 1.29 is 14.4 Å². The van der Waals surface area contributed by atoms with E-state index in [0.29, 0.717) is 49.2 Å². The number of nitrogens with zero attached hydrogens (tertiary/aromatic N) is 4. The Morgan fingerprint density at radius 2 is 1.84 bits per heavy atom. The minimum atomic E-state index is 0.00862. The first-order chi connectivity index (χ1) is 15.6. The number of anilines is 1. The minimum Gasteiger partial charge on any atom is -0.335 e. The SMILES string of the molecule is CC.CCc1cc(C(=O)N2CC(N3CCN(C(=O)c4nccs4)CC3)C2)ccc1NC=O. The third-order valence-corrected chi connectivity index (χ3v) is 6.59. The number of likely N-dealkylation sites (tertiary alicyclic amines) is 1. The fourth-order valence-electron chi connectivity index (χ4n) is 4.01. The fraction of sp³-hybridized carbons (Fsp3) is 0.478. The van der Waals surface area contributed by atoms with Gasteiger partial charge in [0, 0.05) is 68.1 Å². The smallest absolute Gasteiger partial charge is 0.282 e. The standard InChI is InChI=1S/C21H25N5O3S.C2H6/c1-2-15-11-16(3-4-18(15)23-14-27)20(28)26-12-17(13-26)24-6-8-25(9-7-24)21(29)19-22-5-10-30-19;1-2/h3-5,10-11,14,17H,2,6-9,12-13H2,1H3,(H,23,27);1-2H3. The van der Waals surface area contributed by atoms with Crippen molar-refractivity contribution in [3.63, 3.8) is 0 Å². The number of hydrogen-bond donors (Lipinski definition) is 1. The highest BCUT2D eigenvalue weighted by atomic mass is 32.1. The largest absolute Gasteiger partial charge is 0.335 e. The molecule has 0 saturated carbocycles. The molecular formula is C23H31N5O3S.